The van der Waals surface area contributed by atoms with Gasteiger partial charge in [0.1, 0.15) is 5.82 Å². The Morgan fingerprint density at radius 1 is 1.47 bits per heavy atom. The summed E-state index contributed by atoms with van der Waals surface area (Å²) < 4.78 is 4.87. The Balaban J connectivity index is 1.79. The number of anilines is 1. The van der Waals surface area contributed by atoms with Crippen LogP contribution < -0.4 is 5.32 Å². The lowest BCUT2D eigenvalue weighted by molar-refractivity contribution is 0.0615. The first kappa shape index (κ1) is 12.3. The highest BCUT2D eigenvalue weighted by Crippen LogP contribution is 2.21. The third kappa shape index (κ3) is 3.41. The van der Waals surface area contributed by atoms with Crippen LogP contribution in [0, 0.1) is 0 Å². The van der Waals surface area contributed by atoms with Crippen molar-refractivity contribution in [3.05, 3.63) is 23.4 Å². The minimum Gasteiger partial charge on any atom is -0.391 e. The maximum absolute atomic E-state index is 9.50. The van der Waals surface area contributed by atoms with E-state index in [1.807, 2.05) is 6.07 Å². The molecule has 0 amide bonds. The molecule has 1 aliphatic rings. The molecule has 2 rings (SSSR count). The van der Waals surface area contributed by atoms with Crippen LogP contribution in [0.2, 0.25) is 0 Å². The van der Waals surface area contributed by atoms with E-state index in [0.29, 0.717) is 13.0 Å². The molecule has 0 saturated carbocycles. The first-order valence-corrected chi connectivity index (χ1v) is 6.19. The van der Waals surface area contributed by atoms with E-state index >= 15 is 0 Å². The van der Waals surface area contributed by atoms with E-state index in [4.69, 9.17) is 4.74 Å². The fourth-order valence-corrected chi connectivity index (χ4v) is 2.16. The average molecular weight is 236 g/mol. The van der Waals surface area contributed by atoms with Crippen molar-refractivity contribution in [1.29, 1.82) is 0 Å². The van der Waals surface area contributed by atoms with E-state index in [2.05, 4.69) is 16.4 Å². The summed E-state index contributed by atoms with van der Waals surface area (Å²) in [6.07, 6.45) is 3.75. The van der Waals surface area contributed by atoms with E-state index in [1.54, 1.807) is 7.11 Å². The fourth-order valence-electron chi connectivity index (χ4n) is 2.16. The molecule has 1 aromatic heterocycles. The molecule has 0 radical (unpaired) electrons. The molecular weight excluding hydrogens is 216 g/mol. The van der Waals surface area contributed by atoms with Gasteiger partial charge in [-0.3, -0.25) is 0 Å². The van der Waals surface area contributed by atoms with E-state index < -0.39 is 6.10 Å². The lowest BCUT2D eigenvalue weighted by atomic mass is 10.2. The van der Waals surface area contributed by atoms with Crippen LogP contribution >= 0.6 is 0 Å². The summed E-state index contributed by atoms with van der Waals surface area (Å²) in [4.78, 5) is 4.57. The third-order valence-corrected chi connectivity index (χ3v) is 3.07. The Morgan fingerprint density at radius 2 is 2.35 bits per heavy atom. The summed E-state index contributed by atoms with van der Waals surface area (Å²) in [5, 5.41) is 12.7. The monoisotopic (exact) mass is 236 g/mol. The number of aliphatic hydroxyl groups excluding tert-OH is 1. The molecule has 0 aliphatic heterocycles. The number of aryl methyl sites for hydroxylation is 2. The highest BCUT2D eigenvalue weighted by atomic mass is 16.5. The highest BCUT2D eigenvalue weighted by molar-refractivity contribution is 5.40. The lowest BCUT2D eigenvalue weighted by Gasteiger charge is -2.11. The van der Waals surface area contributed by atoms with Crippen LogP contribution in [-0.4, -0.2) is 36.5 Å². The quantitative estimate of drug-likeness (QED) is 0.783. The summed E-state index contributed by atoms with van der Waals surface area (Å²) in [7, 11) is 1.60. The molecule has 1 unspecified atom stereocenters. The molecule has 0 spiro atoms. The molecule has 4 nitrogen and oxygen atoms in total. The van der Waals surface area contributed by atoms with Gasteiger partial charge >= 0.3 is 0 Å². The van der Waals surface area contributed by atoms with Crippen LogP contribution in [0.15, 0.2) is 12.1 Å². The summed E-state index contributed by atoms with van der Waals surface area (Å²) in [6, 6.07) is 4.18. The van der Waals surface area contributed by atoms with Crippen molar-refractivity contribution in [1.82, 2.24) is 4.98 Å². The van der Waals surface area contributed by atoms with Gasteiger partial charge < -0.3 is 15.2 Å². The van der Waals surface area contributed by atoms with Crippen molar-refractivity contribution in [2.75, 3.05) is 25.6 Å². The predicted octanol–water partition coefficient (Wildman–Crippen LogP) is 1.38. The van der Waals surface area contributed by atoms with Crippen molar-refractivity contribution in [3.8, 4) is 0 Å². The average Bonchev–Trinajstić information content (AvgIpc) is 2.76. The zero-order valence-electron chi connectivity index (χ0n) is 10.3. The van der Waals surface area contributed by atoms with Gasteiger partial charge in [0.2, 0.25) is 0 Å². The number of fused-ring (bicyclic) bond motifs is 1. The maximum atomic E-state index is 9.50. The lowest BCUT2D eigenvalue weighted by Crippen LogP contribution is -2.18. The van der Waals surface area contributed by atoms with Crippen LogP contribution in [0.3, 0.4) is 0 Å². The van der Waals surface area contributed by atoms with Gasteiger partial charge in [0.05, 0.1) is 12.7 Å². The first-order chi connectivity index (χ1) is 8.29. The Labute approximate surface area is 102 Å². The van der Waals surface area contributed by atoms with Gasteiger partial charge in [0, 0.05) is 19.3 Å². The number of nitrogens with zero attached hydrogens (tertiary/aromatic N) is 1. The third-order valence-electron chi connectivity index (χ3n) is 3.07. The predicted molar refractivity (Wildman–Crippen MR) is 67.3 cm³/mol. The molecular formula is C13H20N2O2. The molecule has 1 aliphatic carbocycles. The SMILES string of the molecule is COCC(O)CCNc1ccc2c(n1)CCC2. The number of nitrogens with one attached hydrogen (secondary N) is 1. The summed E-state index contributed by atoms with van der Waals surface area (Å²) in [5.41, 5.74) is 2.61. The Bertz CT molecular complexity index is 368. The molecule has 0 fully saturated rings. The van der Waals surface area contributed by atoms with E-state index in [1.165, 1.54) is 17.7 Å². The zero-order chi connectivity index (χ0) is 12.1. The van der Waals surface area contributed by atoms with Gasteiger partial charge in [-0.15, -0.1) is 0 Å². The minimum absolute atomic E-state index is 0.388. The second kappa shape index (κ2) is 5.98. The fraction of sp³-hybridized carbons (Fsp3) is 0.615. The molecule has 1 heterocycles. The van der Waals surface area contributed by atoms with Gasteiger partial charge in [-0.1, -0.05) is 6.07 Å². The highest BCUT2D eigenvalue weighted by Gasteiger charge is 2.12. The molecule has 2 N–H and O–H groups in total. The van der Waals surface area contributed by atoms with Crippen LogP contribution in [0.5, 0.6) is 0 Å². The Hall–Kier alpha value is -1.13. The largest absolute Gasteiger partial charge is 0.391 e. The van der Waals surface area contributed by atoms with Crippen molar-refractivity contribution in [3.63, 3.8) is 0 Å². The smallest absolute Gasteiger partial charge is 0.126 e. The number of hydrogen-bond acceptors (Lipinski definition) is 4. The topological polar surface area (TPSA) is 54.4 Å². The number of ether oxygens (including phenoxy) is 1. The number of aliphatic hydroxyl groups is 1. The number of pyridine rings is 1. The van der Waals surface area contributed by atoms with E-state index in [9.17, 15) is 5.11 Å². The molecule has 1 atom stereocenters. The molecule has 0 saturated heterocycles. The number of rotatable bonds is 6. The van der Waals surface area contributed by atoms with E-state index in [-0.39, 0.29) is 0 Å². The van der Waals surface area contributed by atoms with Crippen LogP contribution in [0.4, 0.5) is 5.82 Å². The van der Waals surface area contributed by atoms with Gasteiger partial charge in [0.25, 0.3) is 0 Å². The summed E-state index contributed by atoms with van der Waals surface area (Å²) in [6.45, 7) is 1.11. The normalized spacial score (nSPS) is 15.6. The van der Waals surface area contributed by atoms with Gasteiger partial charge in [-0.25, -0.2) is 4.98 Å². The number of methoxy groups -OCH3 is 1. The molecule has 0 bridgehead atoms. The molecule has 17 heavy (non-hydrogen) atoms. The molecule has 0 aromatic carbocycles. The molecule has 4 heteroatoms. The Morgan fingerprint density at radius 3 is 3.18 bits per heavy atom. The Kier molecular flexibility index (Phi) is 4.34. The number of hydrogen-bond donors (Lipinski definition) is 2. The van der Waals surface area contributed by atoms with E-state index in [0.717, 1.165) is 25.2 Å². The van der Waals surface area contributed by atoms with Gasteiger partial charge in [-0.05, 0) is 37.3 Å². The standard InChI is InChI=1S/C13H20N2O2/c1-17-9-11(16)7-8-14-13-6-5-10-3-2-4-12(10)15-13/h5-6,11,16H,2-4,7-9H2,1H3,(H,14,15). The van der Waals surface area contributed by atoms with Crippen molar-refractivity contribution in [2.24, 2.45) is 0 Å². The second-order valence-corrected chi connectivity index (χ2v) is 4.48. The van der Waals surface area contributed by atoms with Crippen LogP contribution in [-0.2, 0) is 17.6 Å². The molecule has 1 aromatic rings. The van der Waals surface area contributed by atoms with Gasteiger partial charge in [-0.2, -0.15) is 0 Å². The second-order valence-electron chi connectivity index (χ2n) is 4.48. The van der Waals surface area contributed by atoms with Crippen molar-refractivity contribution < 1.29 is 9.84 Å². The van der Waals surface area contributed by atoms with Crippen molar-refractivity contribution in [2.45, 2.75) is 31.8 Å². The van der Waals surface area contributed by atoms with Crippen LogP contribution in [0.1, 0.15) is 24.1 Å². The number of aromatic nitrogens is 1. The summed E-state index contributed by atoms with van der Waals surface area (Å²) in [5.74, 6) is 0.912. The zero-order valence-corrected chi connectivity index (χ0v) is 10.3. The maximum Gasteiger partial charge on any atom is 0.126 e. The minimum atomic E-state index is -0.401. The first-order valence-electron chi connectivity index (χ1n) is 6.19. The van der Waals surface area contributed by atoms with Gasteiger partial charge in [0.15, 0.2) is 0 Å². The van der Waals surface area contributed by atoms with Crippen molar-refractivity contribution >= 4 is 5.82 Å². The van der Waals surface area contributed by atoms with Crippen LogP contribution in [0.25, 0.3) is 0 Å². The molecule has 94 valence electrons. The summed E-state index contributed by atoms with van der Waals surface area (Å²) >= 11 is 0.